The van der Waals surface area contributed by atoms with E-state index in [-0.39, 0.29) is 5.91 Å². The van der Waals surface area contributed by atoms with E-state index in [1.54, 1.807) is 0 Å². The minimum atomic E-state index is -0.117. The summed E-state index contributed by atoms with van der Waals surface area (Å²) in [4.78, 5) is 12.3. The second-order valence-electron chi connectivity index (χ2n) is 5.32. The Hall–Kier alpha value is -2.15. The Kier molecular flexibility index (Phi) is 4.47. The van der Waals surface area contributed by atoms with Gasteiger partial charge < -0.3 is 5.32 Å². The van der Waals surface area contributed by atoms with Crippen LogP contribution < -0.4 is 5.32 Å². The third kappa shape index (κ3) is 3.44. The first-order chi connectivity index (χ1) is 11.0. The van der Waals surface area contributed by atoms with E-state index in [4.69, 9.17) is 0 Å². The number of amides is 1. The van der Waals surface area contributed by atoms with Gasteiger partial charge in [-0.15, -0.1) is 0 Å². The van der Waals surface area contributed by atoms with Gasteiger partial charge in [0.25, 0.3) is 5.91 Å². The summed E-state index contributed by atoms with van der Waals surface area (Å²) in [5, 5.41) is 7.38. The molecule has 1 aromatic heterocycles. The summed E-state index contributed by atoms with van der Waals surface area (Å²) in [7, 11) is 0. The number of carbonyl (C=O) groups excluding carboxylic acids is 1. The van der Waals surface area contributed by atoms with Gasteiger partial charge in [0.1, 0.15) is 0 Å². The molecule has 0 radical (unpaired) electrons. The topological polar surface area (TPSA) is 46.9 Å². The molecule has 2 aromatic carbocycles. The van der Waals surface area contributed by atoms with Crippen LogP contribution in [0.25, 0.3) is 5.69 Å². The van der Waals surface area contributed by atoms with Crippen LogP contribution in [0.5, 0.6) is 0 Å². The molecule has 0 atom stereocenters. The van der Waals surface area contributed by atoms with Crippen molar-refractivity contribution in [3.8, 4) is 5.69 Å². The van der Waals surface area contributed by atoms with E-state index in [0.29, 0.717) is 5.56 Å². The standard InChI is InChI=1S/C18H16IN3O/c1-12-11-13(2)22(21-12)15-9-7-14(8-10-15)18(23)20-17-6-4-3-5-16(17)19/h3-11H,1-2H3,(H,20,23). The van der Waals surface area contributed by atoms with Crippen LogP contribution in [0, 0.1) is 17.4 Å². The number of hydrogen-bond donors (Lipinski definition) is 1. The average molecular weight is 417 g/mol. The fourth-order valence-electron chi connectivity index (χ4n) is 2.40. The van der Waals surface area contributed by atoms with Crippen LogP contribution in [0.15, 0.2) is 54.6 Å². The molecule has 0 unspecified atom stereocenters. The number of carbonyl (C=O) groups is 1. The molecule has 0 saturated heterocycles. The molecule has 1 amide bonds. The van der Waals surface area contributed by atoms with Gasteiger partial charge in [-0.1, -0.05) is 12.1 Å². The summed E-state index contributed by atoms with van der Waals surface area (Å²) < 4.78 is 2.88. The number of halogens is 1. The zero-order chi connectivity index (χ0) is 16.4. The number of nitrogens with one attached hydrogen (secondary N) is 1. The summed E-state index contributed by atoms with van der Waals surface area (Å²) in [6.07, 6.45) is 0. The van der Waals surface area contributed by atoms with Gasteiger partial charge in [0.2, 0.25) is 0 Å². The third-order valence-electron chi connectivity index (χ3n) is 3.51. The van der Waals surface area contributed by atoms with Crippen molar-refractivity contribution in [2.24, 2.45) is 0 Å². The minimum Gasteiger partial charge on any atom is -0.321 e. The van der Waals surface area contributed by atoms with Crippen molar-refractivity contribution in [2.45, 2.75) is 13.8 Å². The maximum atomic E-state index is 12.3. The molecule has 4 nitrogen and oxygen atoms in total. The van der Waals surface area contributed by atoms with Crippen LogP contribution in [0.4, 0.5) is 5.69 Å². The molecule has 0 aliphatic carbocycles. The van der Waals surface area contributed by atoms with E-state index in [2.05, 4.69) is 33.0 Å². The van der Waals surface area contributed by atoms with Crippen molar-refractivity contribution >= 4 is 34.2 Å². The van der Waals surface area contributed by atoms with Crippen LogP contribution >= 0.6 is 22.6 Å². The Bertz CT molecular complexity index is 853. The van der Waals surface area contributed by atoms with Gasteiger partial charge in [-0.2, -0.15) is 5.10 Å². The summed E-state index contributed by atoms with van der Waals surface area (Å²) in [5.74, 6) is -0.117. The number of para-hydroxylation sites is 1. The van der Waals surface area contributed by atoms with Crippen LogP contribution in [0.3, 0.4) is 0 Å². The predicted molar refractivity (Wildman–Crippen MR) is 100 cm³/mol. The van der Waals surface area contributed by atoms with Gasteiger partial charge in [-0.25, -0.2) is 4.68 Å². The smallest absolute Gasteiger partial charge is 0.255 e. The van der Waals surface area contributed by atoms with Crippen LogP contribution in [-0.2, 0) is 0 Å². The summed E-state index contributed by atoms with van der Waals surface area (Å²) >= 11 is 2.21. The molecule has 1 N–H and O–H groups in total. The number of hydrogen-bond acceptors (Lipinski definition) is 2. The molecule has 3 rings (SSSR count). The molecule has 0 bridgehead atoms. The van der Waals surface area contributed by atoms with Crippen LogP contribution in [0.2, 0.25) is 0 Å². The first-order valence-corrected chi connectivity index (χ1v) is 8.32. The quantitative estimate of drug-likeness (QED) is 0.645. The lowest BCUT2D eigenvalue weighted by molar-refractivity contribution is 0.102. The fraction of sp³-hybridized carbons (Fsp3) is 0.111. The van der Waals surface area contributed by atoms with Crippen molar-refractivity contribution in [1.82, 2.24) is 9.78 Å². The second kappa shape index (κ2) is 6.54. The number of anilines is 1. The zero-order valence-electron chi connectivity index (χ0n) is 12.9. The largest absolute Gasteiger partial charge is 0.321 e. The number of aryl methyl sites for hydroxylation is 2. The highest BCUT2D eigenvalue weighted by atomic mass is 127. The van der Waals surface area contributed by atoms with Crippen molar-refractivity contribution in [1.29, 1.82) is 0 Å². The van der Waals surface area contributed by atoms with Crippen LogP contribution in [-0.4, -0.2) is 15.7 Å². The van der Waals surface area contributed by atoms with E-state index in [9.17, 15) is 4.79 Å². The average Bonchev–Trinajstić information content (AvgIpc) is 2.88. The molecule has 0 spiro atoms. The minimum absolute atomic E-state index is 0.117. The highest BCUT2D eigenvalue weighted by Crippen LogP contribution is 2.19. The number of nitrogens with zero attached hydrogens (tertiary/aromatic N) is 2. The first-order valence-electron chi connectivity index (χ1n) is 7.24. The van der Waals surface area contributed by atoms with Crippen molar-refractivity contribution in [3.05, 3.63) is 75.1 Å². The van der Waals surface area contributed by atoms with E-state index in [0.717, 1.165) is 26.3 Å². The fourth-order valence-corrected chi connectivity index (χ4v) is 2.92. The van der Waals surface area contributed by atoms with Gasteiger partial charge in [0.05, 0.1) is 17.1 Å². The normalized spacial score (nSPS) is 10.6. The van der Waals surface area contributed by atoms with Gasteiger partial charge >= 0.3 is 0 Å². The highest BCUT2D eigenvalue weighted by molar-refractivity contribution is 14.1. The summed E-state index contributed by atoms with van der Waals surface area (Å²) in [6, 6.07) is 17.2. The van der Waals surface area contributed by atoms with E-state index in [1.165, 1.54) is 0 Å². The third-order valence-corrected chi connectivity index (χ3v) is 4.45. The molecule has 3 aromatic rings. The van der Waals surface area contributed by atoms with Crippen molar-refractivity contribution in [3.63, 3.8) is 0 Å². The lowest BCUT2D eigenvalue weighted by Gasteiger charge is -2.08. The molecule has 1 heterocycles. The van der Waals surface area contributed by atoms with E-state index >= 15 is 0 Å². The molecule has 116 valence electrons. The lowest BCUT2D eigenvalue weighted by Crippen LogP contribution is -2.13. The Morgan fingerprint density at radius 2 is 1.78 bits per heavy atom. The summed E-state index contributed by atoms with van der Waals surface area (Å²) in [6.45, 7) is 3.98. The monoisotopic (exact) mass is 417 g/mol. The van der Waals surface area contributed by atoms with Gasteiger partial charge in [0.15, 0.2) is 0 Å². The predicted octanol–water partition coefficient (Wildman–Crippen LogP) is 4.35. The molecule has 5 heteroatoms. The van der Waals surface area contributed by atoms with Gasteiger partial charge in [-0.3, -0.25) is 4.79 Å². The Morgan fingerprint density at radius 1 is 1.09 bits per heavy atom. The maximum Gasteiger partial charge on any atom is 0.255 e. The van der Waals surface area contributed by atoms with Gasteiger partial charge in [-0.05, 0) is 78.9 Å². The van der Waals surface area contributed by atoms with Gasteiger partial charge in [0, 0.05) is 14.8 Å². The Morgan fingerprint density at radius 3 is 2.39 bits per heavy atom. The highest BCUT2D eigenvalue weighted by Gasteiger charge is 2.09. The van der Waals surface area contributed by atoms with Crippen LogP contribution in [0.1, 0.15) is 21.7 Å². The maximum absolute atomic E-state index is 12.3. The second-order valence-corrected chi connectivity index (χ2v) is 6.48. The van der Waals surface area contributed by atoms with E-state index < -0.39 is 0 Å². The first kappa shape index (κ1) is 15.7. The van der Waals surface area contributed by atoms with Crippen molar-refractivity contribution in [2.75, 3.05) is 5.32 Å². The molecular weight excluding hydrogens is 401 g/mol. The SMILES string of the molecule is Cc1cc(C)n(-c2ccc(C(=O)Nc3ccccc3I)cc2)n1. The zero-order valence-corrected chi connectivity index (χ0v) is 15.0. The Balaban J connectivity index is 1.81. The molecule has 0 fully saturated rings. The molecular formula is C18H16IN3O. The lowest BCUT2D eigenvalue weighted by atomic mass is 10.2. The summed E-state index contributed by atoms with van der Waals surface area (Å²) in [5.41, 5.74) is 4.43. The van der Waals surface area contributed by atoms with E-state index in [1.807, 2.05) is 73.1 Å². The number of rotatable bonds is 3. The molecule has 0 saturated carbocycles. The molecule has 23 heavy (non-hydrogen) atoms. The molecule has 0 aliphatic heterocycles. The number of aromatic nitrogens is 2. The molecule has 0 aliphatic rings. The Labute approximate surface area is 148 Å². The number of benzene rings is 2. The van der Waals surface area contributed by atoms with Crippen molar-refractivity contribution < 1.29 is 4.79 Å².